The van der Waals surface area contributed by atoms with Gasteiger partial charge in [-0.3, -0.25) is 0 Å². The summed E-state index contributed by atoms with van der Waals surface area (Å²) in [6, 6.07) is 17.7. The average Bonchev–Trinajstić information content (AvgIpc) is 2.47. The number of nitriles is 1. The van der Waals surface area contributed by atoms with Crippen molar-refractivity contribution >= 4 is 23.0 Å². The van der Waals surface area contributed by atoms with Crippen LogP contribution in [-0.4, -0.2) is 7.05 Å². The fourth-order valence-corrected chi connectivity index (χ4v) is 1.90. The van der Waals surface area contributed by atoms with Crippen molar-refractivity contribution < 1.29 is 0 Å². The first-order valence-electron chi connectivity index (χ1n) is 5.63. The van der Waals surface area contributed by atoms with E-state index in [0.717, 1.165) is 16.9 Å². The molecule has 2 rings (SSSR count). The van der Waals surface area contributed by atoms with Crippen LogP contribution in [0.5, 0.6) is 0 Å². The van der Waals surface area contributed by atoms with Gasteiger partial charge in [0.25, 0.3) is 0 Å². The van der Waals surface area contributed by atoms with Crippen LogP contribution >= 0.6 is 11.6 Å². The minimum atomic E-state index is 0.529. The first-order valence-corrected chi connectivity index (χ1v) is 6.17. The van der Waals surface area contributed by atoms with Gasteiger partial charge in [-0.1, -0.05) is 12.1 Å². The van der Waals surface area contributed by atoms with Gasteiger partial charge >= 0.3 is 0 Å². The van der Waals surface area contributed by atoms with Gasteiger partial charge in [-0.15, -0.1) is 11.6 Å². The average molecular weight is 257 g/mol. The first kappa shape index (κ1) is 12.5. The van der Waals surface area contributed by atoms with E-state index in [1.54, 1.807) is 0 Å². The third-order valence-corrected chi connectivity index (χ3v) is 3.17. The van der Waals surface area contributed by atoms with E-state index in [-0.39, 0.29) is 0 Å². The van der Waals surface area contributed by atoms with Crippen LogP contribution in [0.1, 0.15) is 11.1 Å². The highest BCUT2D eigenvalue weighted by Gasteiger charge is 2.03. The Bertz CT molecular complexity index is 553. The van der Waals surface area contributed by atoms with E-state index in [1.807, 2.05) is 55.6 Å². The molecular formula is C15H13ClN2. The predicted molar refractivity (Wildman–Crippen MR) is 75.2 cm³/mol. The van der Waals surface area contributed by atoms with E-state index in [2.05, 4.69) is 11.0 Å². The maximum atomic E-state index is 8.77. The minimum Gasteiger partial charge on any atom is -0.345 e. The van der Waals surface area contributed by atoms with E-state index in [4.69, 9.17) is 16.9 Å². The van der Waals surface area contributed by atoms with Crippen molar-refractivity contribution in [3.8, 4) is 6.07 Å². The summed E-state index contributed by atoms with van der Waals surface area (Å²) in [7, 11) is 2.00. The standard InChI is InChI=1S/C15H13ClN2/c1-18(14-6-2-12(10-16)3-7-14)15-8-4-13(11-17)5-9-15/h2-9H,10H2,1H3. The molecule has 90 valence electrons. The maximum absolute atomic E-state index is 8.77. The zero-order valence-corrected chi connectivity index (χ0v) is 10.9. The highest BCUT2D eigenvalue weighted by atomic mass is 35.5. The van der Waals surface area contributed by atoms with Gasteiger partial charge in [-0.2, -0.15) is 5.26 Å². The maximum Gasteiger partial charge on any atom is 0.0991 e. The number of benzene rings is 2. The normalized spacial score (nSPS) is 9.83. The molecule has 0 aliphatic heterocycles. The number of hydrogen-bond acceptors (Lipinski definition) is 2. The molecule has 0 atom stereocenters. The summed E-state index contributed by atoms with van der Waals surface area (Å²) in [5.41, 5.74) is 3.92. The zero-order chi connectivity index (χ0) is 13.0. The van der Waals surface area contributed by atoms with Crippen molar-refractivity contribution in [2.45, 2.75) is 5.88 Å². The number of rotatable bonds is 3. The summed E-state index contributed by atoms with van der Waals surface area (Å²) in [5, 5.41) is 8.77. The molecular weight excluding hydrogens is 244 g/mol. The van der Waals surface area contributed by atoms with Crippen molar-refractivity contribution in [1.82, 2.24) is 0 Å². The molecule has 0 bridgehead atoms. The molecule has 0 amide bonds. The Kier molecular flexibility index (Phi) is 3.86. The fourth-order valence-electron chi connectivity index (χ4n) is 1.72. The van der Waals surface area contributed by atoms with Gasteiger partial charge in [-0.25, -0.2) is 0 Å². The molecule has 3 heteroatoms. The van der Waals surface area contributed by atoms with E-state index in [0.29, 0.717) is 11.4 Å². The molecule has 2 aromatic carbocycles. The highest BCUT2D eigenvalue weighted by Crippen LogP contribution is 2.24. The summed E-state index contributed by atoms with van der Waals surface area (Å²) < 4.78 is 0. The molecule has 0 N–H and O–H groups in total. The summed E-state index contributed by atoms with van der Waals surface area (Å²) in [4.78, 5) is 2.07. The summed E-state index contributed by atoms with van der Waals surface area (Å²) in [5.74, 6) is 0.529. The van der Waals surface area contributed by atoms with Crippen molar-refractivity contribution in [3.63, 3.8) is 0 Å². The summed E-state index contributed by atoms with van der Waals surface area (Å²) in [6.45, 7) is 0. The molecule has 18 heavy (non-hydrogen) atoms. The lowest BCUT2D eigenvalue weighted by Crippen LogP contribution is -2.09. The van der Waals surface area contributed by atoms with Crippen molar-refractivity contribution in [3.05, 3.63) is 59.7 Å². The molecule has 0 aromatic heterocycles. The lowest BCUT2D eigenvalue weighted by atomic mass is 10.2. The SMILES string of the molecule is CN(c1ccc(C#N)cc1)c1ccc(CCl)cc1. The van der Waals surface area contributed by atoms with Gasteiger partial charge in [0, 0.05) is 24.3 Å². The topological polar surface area (TPSA) is 27.0 Å². The number of alkyl halides is 1. The van der Waals surface area contributed by atoms with Crippen LogP contribution in [0.2, 0.25) is 0 Å². The zero-order valence-electron chi connectivity index (χ0n) is 10.1. The molecule has 0 saturated heterocycles. The second-order valence-electron chi connectivity index (χ2n) is 4.02. The Hall–Kier alpha value is -1.98. The Labute approximate surface area is 112 Å². The third kappa shape index (κ3) is 2.64. The van der Waals surface area contributed by atoms with Crippen LogP contribution in [0.4, 0.5) is 11.4 Å². The molecule has 0 aliphatic rings. The number of nitrogens with zero attached hydrogens (tertiary/aromatic N) is 2. The van der Waals surface area contributed by atoms with Crippen LogP contribution in [-0.2, 0) is 5.88 Å². The second kappa shape index (κ2) is 5.57. The van der Waals surface area contributed by atoms with E-state index in [1.165, 1.54) is 0 Å². The smallest absolute Gasteiger partial charge is 0.0991 e. The second-order valence-corrected chi connectivity index (χ2v) is 4.29. The van der Waals surface area contributed by atoms with E-state index < -0.39 is 0 Å². The predicted octanol–water partition coefficient (Wildman–Crippen LogP) is 4.06. The van der Waals surface area contributed by atoms with Crippen molar-refractivity contribution in [1.29, 1.82) is 5.26 Å². The molecule has 0 spiro atoms. The Morgan fingerprint density at radius 1 is 1.00 bits per heavy atom. The van der Waals surface area contributed by atoms with Crippen LogP contribution in [0.15, 0.2) is 48.5 Å². The quantitative estimate of drug-likeness (QED) is 0.774. The minimum absolute atomic E-state index is 0.529. The molecule has 0 saturated carbocycles. The van der Waals surface area contributed by atoms with Crippen LogP contribution in [0, 0.1) is 11.3 Å². The van der Waals surface area contributed by atoms with Crippen molar-refractivity contribution in [2.75, 3.05) is 11.9 Å². The fraction of sp³-hybridized carbons (Fsp3) is 0.133. The molecule has 0 aliphatic carbocycles. The number of halogens is 1. The van der Waals surface area contributed by atoms with E-state index in [9.17, 15) is 0 Å². The Morgan fingerprint density at radius 2 is 1.50 bits per heavy atom. The van der Waals surface area contributed by atoms with Gasteiger partial charge in [0.1, 0.15) is 0 Å². The van der Waals surface area contributed by atoms with Crippen LogP contribution < -0.4 is 4.90 Å². The van der Waals surface area contributed by atoms with Crippen LogP contribution in [0.25, 0.3) is 0 Å². The highest BCUT2D eigenvalue weighted by molar-refractivity contribution is 6.17. The Balaban J connectivity index is 2.23. The number of hydrogen-bond donors (Lipinski definition) is 0. The van der Waals surface area contributed by atoms with Gasteiger partial charge in [-0.05, 0) is 42.0 Å². The monoisotopic (exact) mass is 256 g/mol. The number of anilines is 2. The van der Waals surface area contributed by atoms with E-state index >= 15 is 0 Å². The molecule has 0 radical (unpaired) electrons. The lowest BCUT2D eigenvalue weighted by Gasteiger charge is -2.19. The van der Waals surface area contributed by atoms with Gasteiger partial charge in [0.05, 0.1) is 11.6 Å². The Morgan fingerprint density at radius 3 is 1.94 bits per heavy atom. The lowest BCUT2D eigenvalue weighted by molar-refractivity contribution is 1.20. The van der Waals surface area contributed by atoms with Gasteiger partial charge in [0.2, 0.25) is 0 Å². The first-order chi connectivity index (χ1) is 8.74. The summed E-state index contributed by atoms with van der Waals surface area (Å²) in [6.07, 6.45) is 0. The molecule has 0 heterocycles. The van der Waals surface area contributed by atoms with Gasteiger partial charge in [0.15, 0.2) is 0 Å². The summed E-state index contributed by atoms with van der Waals surface area (Å²) >= 11 is 5.76. The van der Waals surface area contributed by atoms with Crippen molar-refractivity contribution in [2.24, 2.45) is 0 Å². The molecule has 0 fully saturated rings. The molecule has 2 aromatic rings. The van der Waals surface area contributed by atoms with Crippen LogP contribution in [0.3, 0.4) is 0 Å². The molecule has 0 unspecified atom stereocenters. The van der Waals surface area contributed by atoms with Gasteiger partial charge < -0.3 is 4.90 Å². The molecule has 2 nitrogen and oxygen atoms in total. The third-order valence-electron chi connectivity index (χ3n) is 2.86. The largest absolute Gasteiger partial charge is 0.345 e.